The van der Waals surface area contributed by atoms with Gasteiger partial charge in [-0.3, -0.25) is 4.79 Å². The number of halogens is 3. The number of hydrogen-bond donors (Lipinski definition) is 3. The molecule has 0 spiro atoms. The minimum absolute atomic E-state index is 0.194. The summed E-state index contributed by atoms with van der Waals surface area (Å²) in [6.45, 7) is 2.03. The number of anilines is 1. The lowest BCUT2D eigenvalue weighted by molar-refractivity contribution is 0.0934. The molecule has 2 aromatic carbocycles. The van der Waals surface area contributed by atoms with Crippen LogP contribution in [-0.2, 0) is 6.42 Å². The van der Waals surface area contributed by atoms with Crippen molar-refractivity contribution in [1.29, 1.82) is 0 Å². The third kappa shape index (κ3) is 6.54. The lowest BCUT2D eigenvalue weighted by atomic mass is 10.1. The molecule has 0 aliphatic rings. The monoisotopic (exact) mass is 489 g/mol. The summed E-state index contributed by atoms with van der Waals surface area (Å²) in [5.74, 6) is 0.401. The second-order valence-electron chi connectivity index (χ2n) is 6.13. The number of carbonyl (C=O) groups excluding carboxylic acids is 1. The Hall–Kier alpha value is -1.93. The third-order valence-electron chi connectivity index (χ3n) is 4.17. The Bertz CT molecular complexity index is 906. The van der Waals surface area contributed by atoms with E-state index in [1.807, 2.05) is 31.2 Å². The molecule has 0 saturated carbocycles. The molecule has 3 N–H and O–H groups in total. The first-order valence-electron chi connectivity index (χ1n) is 8.94. The Morgan fingerprint density at radius 1 is 1.07 bits per heavy atom. The van der Waals surface area contributed by atoms with E-state index in [1.54, 1.807) is 12.1 Å². The van der Waals surface area contributed by atoms with E-state index < -0.39 is 15.9 Å². The highest BCUT2D eigenvalue weighted by atomic mass is 35.6. The van der Waals surface area contributed by atoms with Gasteiger partial charge >= 0.3 is 0 Å². The number of methoxy groups -OCH3 is 2. The number of thiocarbonyl (C=S) groups is 1. The molecule has 2 aromatic rings. The van der Waals surface area contributed by atoms with Crippen LogP contribution in [0.5, 0.6) is 11.5 Å². The summed E-state index contributed by atoms with van der Waals surface area (Å²) in [6.07, 6.45) is -0.285. The molecule has 30 heavy (non-hydrogen) atoms. The molecule has 0 fully saturated rings. The Morgan fingerprint density at radius 3 is 2.33 bits per heavy atom. The van der Waals surface area contributed by atoms with Gasteiger partial charge in [-0.15, -0.1) is 0 Å². The van der Waals surface area contributed by atoms with Crippen LogP contribution >= 0.6 is 47.0 Å². The molecule has 0 heterocycles. The maximum Gasteiger partial charge on any atom is 0.253 e. The summed E-state index contributed by atoms with van der Waals surface area (Å²) < 4.78 is 8.53. The van der Waals surface area contributed by atoms with E-state index in [9.17, 15) is 4.79 Å². The molecule has 0 aliphatic heterocycles. The molecule has 162 valence electrons. The van der Waals surface area contributed by atoms with Gasteiger partial charge in [0.05, 0.1) is 14.2 Å². The largest absolute Gasteiger partial charge is 0.493 e. The molecule has 0 bridgehead atoms. The van der Waals surface area contributed by atoms with Crippen LogP contribution in [0.2, 0.25) is 0 Å². The summed E-state index contributed by atoms with van der Waals surface area (Å²) in [6, 6.07) is 12.4. The highest BCUT2D eigenvalue weighted by molar-refractivity contribution is 7.80. The first kappa shape index (κ1) is 24.3. The zero-order valence-electron chi connectivity index (χ0n) is 16.6. The van der Waals surface area contributed by atoms with Crippen LogP contribution in [-0.4, -0.2) is 35.2 Å². The predicted octanol–water partition coefficient (Wildman–Crippen LogP) is 4.68. The topological polar surface area (TPSA) is 71.6 Å². The zero-order chi connectivity index (χ0) is 22.3. The molecule has 0 aromatic heterocycles. The molecule has 6 nitrogen and oxygen atoms in total. The summed E-state index contributed by atoms with van der Waals surface area (Å²) in [5, 5.41) is 8.74. The smallest absolute Gasteiger partial charge is 0.253 e. The van der Waals surface area contributed by atoms with Gasteiger partial charge in [-0.25, -0.2) is 0 Å². The number of benzene rings is 2. The van der Waals surface area contributed by atoms with Crippen molar-refractivity contribution in [1.82, 2.24) is 10.6 Å². The SMILES string of the molecule is CCc1ccccc1NC(=S)NC(NC(=O)c1ccc(OC)c(OC)c1)C(Cl)(Cl)Cl. The van der Waals surface area contributed by atoms with E-state index in [0.717, 1.165) is 17.7 Å². The summed E-state index contributed by atoms with van der Waals surface area (Å²) in [7, 11) is 2.98. The molecule has 0 saturated heterocycles. The standard InChI is InChI=1S/C20H22Cl3N3O3S/c1-4-12-7-5-6-8-14(12)24-19(30)26-18(20(21,22)23)25-17(27)13-9-10-15(28-2)16(11-13)29-3/h5-11,18H,4H2,1-3H3,(H,25,27)(H2,24,26,30). The van der Waals surface area contributed by atoms with Gasteiger partial charge < -0.3 is 25.4 Å². The second-order valence-corrected chi connectivity index (χ2v) is 8.90. The summed E-state index contributed by atoms with van der Waals surface area (Å²) in [5.41, 5.74) is 2.19. The zero-order valence-corrected chi connectivity index (χ0v) is 19.7. The van der Waals surface area contributed by atoms with E-state index in [4.69, 9.17) is 56.5 Å². The Morgan fingerprint density at radius 2 is 1.73 bits per heavy atom. The fourth-order valence-electron chi connectivity index (χ4n) is 2.63. The number of carbonyl (C=O) groups is 1. The van der Waals surface area contributed by atoms with Crippen LogP contribution in [0, 0.1) is 0 Å². The van der Waals surface area contributed by atoms with Crippen LogP contribution < -0.4 is 25.4 Å². The predicted molar refractivity (Wildman–Crippen MR) is 126 cm³/mol. The first-order chi connectivity index (χ1) is 14.2. The van der Waals surface area contributed by atoms with E-state index in [0.29, 0.717) is 17.1 Å². The van der Waals surface area contributed by atoms with Gasteiger partial charge in [-0.1, -0.05) is 59.9 Å². The normalized spacial score (nSPS) is 11.9. The van der Waals surface area contributed by atoms with Crippen LogP contribution in [0.4, 0.5) is 5.69 Å². The fraction of sp³-hybridized carbons (Fsp3) is 0.300. The number of ether oxygens (including phenoxy) is 2. The van der Waals surface area contributed by atoms with Crippen LogP contribution in [0.3, 0.4) is 0 Å². The van der Waals surface area contributed by atoms with Gasteiger partial charge in [0, 0.05) is 11.3 Å². The highest BCUT2D eigenvalue weighted by Crippen LogP contribution is 2.30. The van der Waals surface area contributed by atoms with Crippen molar-refractivity contribution in [2.45, 2.75) is 23.3 Å². The van der Waals surface area contributed by atoms with Crippen molar-refractivity contribution in [2.75, 3.05) is 19.5 Å². The maximum atomic E-state index is 12.7. The molecule has 10 heteroatoms. The number of amides is 1. The molecular formula is C20H22Cl3N3O3S. The van der Waals surface area contributed by atoms with Gasteiger partial charge in [-0.2, -0.15) is 0 Å². The number of nitrogens with one attached hydrogen (secondary N) is 3. The lowest BCUT2D eigenvalue weighted by Crippen LogP contribution is -2.56. The Balaban J connectivity index is 2.14. The summed E-state index contributed by atoms with van der Waals surface area (Å²) >= 11 is 23.5. The van der Waals surface area contributed by atoms with Gasteiger partial charge in [0.2, 0.25) is 3.79 Å². The molecular weight excluding hydrogens is 469 g/mol. The quantitative estimate of drug-likeness (QED) is 0.297. The second kappa shape index (κ2) is 10.9. The Labute approximate surface area is 196 Å². The molecule has 0 radical (unpaired) electrons. The molecule has 0 aliphatic carbocycles. The minimum Gasteiger partial charge on any atom is -0.493 e. The average Bonchev–Trinajstić information content (AvgIpc) is 2.72. The van der Waals surface area contributed by atoms with E-state index >= 15 is 0 Å². The Kier molecular flexibility index (Phi) is 8.85. The van der Waals surface area contributed by atoms with E-state index in [2.05, 4.69) is 16.0 Å². The summed E-state index contributed by atoms with van der Waals surface area (Å²) in [4.78, 5) is 12.7. The van der Waals surface area contributed by atoms with Crippen LogP contribution in [0.25, 0.3) is 0 Å². The number of hydrogen-bond acceptors (Lipinski definition) is 4. The first-order valence-corrected chi connectivity index (χ1v) is 10.5. The van der Waals surface area contributed by atoms with Gasteiger partial charge in [0.25, 0.3) is 5.91 Å². The van der Waals surface area contributed by atoms with Crippen molar-refractivity contribution in [3.63, 3.8) is 0 Å². The number of aryl methyl sites for hydroxylation is 1. The van der Waals surface area contributed by atoms with Crippen molar-refractivity contribution in [3.05, 3.63) is 53.6 Å². The van der Waals surface area contributed by atoms with Crippen molar-refractivity contribution in [2.24, 2.45) is 0 Å². The van der Waals surface area contributed by atoms with Crippen molar-refractivity contribution >= 4 is 63.7 Å². The van der Waals surface area contributed by atoms with Crippen molar-refractivity contribution < 1.29 is 14.3 Å². The number of para-hydroxylation sites is 1. The number of rotatable bonds is 7. The van der Waals surface area contributed by atoms with Crippen LogP contribution in [0.1, 0.15) is 22.8 Å². The molecule has 1 atom stereocenters. The highest BCUT2D eigenvalue weighted by Gasteiger charge is 2.35. The fourth-order valence-corrected chi connectivity index (χ4v) is 3.19. The maximum absolute atomic E-state index is 12.7. The molecule has 1 amide bonds. The lowest BCUT2D eigenvalue weighted by Gasteiger charge is -2.28. The third-order valence-corrected chi connectivity index (χ3v) is 5.04. The van der Waals surface area contributed by atoms with Crippen LogP contribution in [0.15, 0.2) is 42.5 Å². The minimum atomic E-state index is -1.87. The van der Waals surface area contributed by atoms with Gasteiger partial charge in [0.1, 0.15) is 6.17 Å². The molecule has 2 rings (SSSR count). The van der Waals surface area contributed by atoms with Gasteiger partial charge in [-0.05, 0) is 48.5 Å². The van der Waals surface area contributed by atoms with Crippen molar-refractivity contribution in [3.8, 4) is 11.5 Å². The van der Waals surface area contributed by atoms with Gasteiger partial charge in [0.15, 0.2) is 16.6 Å². The van der Waals surface area contributed by atoms with E-state index in [1.165, 1.54) is 20.3 Å². The molecule has 1 unspecified atom stereocenters. The van der Waals surface area contributed by atoms with E-state index in [-0.39, 0.29) is 5.11 Å². The number of alkyl halides is 3. The average molecular weight is 491 g/mol.